The molecule has 1 aliphatic carbocycles. The van der Waals surface area contributed by atoms with Crippen molar-refractivity contribution in [3.8, 4) is 17.6 Å². The van der Waals surface area contributed by atoms with E-state index in [9.17, 15) is 5.26 Å². The summed E-state index contributed by atoms with van der Waals surface area (Å²) in [5, 5.41) is 14.7. The van der Waals surface area contributed by atoms with Crippen molar-refractivity contribution < 1.29 is 4.74 Å². The lowest BCUT2D eigenvalue weighted by Crippen LogP contribution is -2.23. The molecule has 1 atom stereocenters. The highest BCUT2D eigenvalue weighted by atomic mass is 16.5. The van der Waals surface area contributed by atoms with Gasteiger partial charge in [-0.1, -0.05) is 18.6 Å². The minimum atomic E-state index is -0.267. The van der Waals surface area contributed by atoms with Crippen LogP contribution in [0.2, 0.25) is 0 Å². The van der Waals surface area contributed by atoms with Gasteiger partial charge in [0.15, 0.2) is 0 Å². The highest BCUT2D eigenvalue weighted by molar-refractivity contribution is 5.57. The summed E-state index contributed by atoms with van der Waals surface area (Å²) in [6, 6.07) is 10.5. The number of allylic oxidation sites excluding steroid dienone is 1. The Kier molecular flexibility index (Phi) is 4.13. The molecular formula is C22H22N6O. The van der Waals surface area contributed by atoms with E-state index in [1.807, 2.05) is 46.6 Å². The van der Waals surface area contributed by atoms with E-state index in [-0.39, 0.29) is 11.8 Å². The predicted octanol–water partition coefficient (Wildman–Crippen LogP) is 3.57. The van der Waals surface area contributed by atoms with Crippen LogP contribution in [0, 0.1) is 11.3 Å². The molecule has 0 saturated heterocycles. The number of hydrogen-bond donors (Lipinski definition) is 1. The van der Waals surface area contributed by atoms with Crippen molar-refractivity contribution >= 4 is 0 Å². The van der Waals surface area contributed by atoms with Crippen molar-refractivity contribution in [2.24, 2.45) is 5.73 Å². The van der Waals surface area contributed by atoms with Gasteiger partial charge in [0.05, 0.1) is 23.5 Å². The fourth-order valence-corrected chi connectivity index (χ4v) is 4.20. The highest BCUT2D eigenvalue weighted by Gasteiger charge is 2.39. The molecule has 2 aliphatic rings. The van der Waals surface area contributed by atoms with E-state index >= 15 is 0 Å². The largest absolute Gasteiger partial charge is 0.422 e. The lowest BCUT2D eigenvalue weighted by Gasteiger charge is -2.29. The standard InChI is InChI=1S/C22H22N6O/c1-2-28-22-19(20(26-28)15-4-3-5-15)18(17(12-23)21(24)29-22)14-6-8-16(9-7-14)27-11-10-25-13-27/h6-11,13,15,18H,2-5,24H2,1H3. The Hall–Kier alpha value is -3.53. The number of hydrogen-bond acceptors (Lipinski definition) is 5. The van der Waals surface area contributed by atoms with Gasteiger partial charge < -0.3 is 15.0 Å². The van der Waals surface area contributed by atoms with Crippen LogP contribution in [0.3, 0.4) is 0 Å². The maximum atomic E-state index is 9.88. The summed E-state index contributed by atoms with van der Waals surface area (Å²) in [7, 11) is 0. The molecule has 0 amide bonds. The Balaban J connectivity index is 1.65. The predicted molar refractivity (Wildman–Crippen MR) is 107 cm³/mol. The molecule has 1 aliphatic heterocycles. The van der Waals surface area contributed by atoms with Gasteiger partial charge in [-0.25, -0.2) is 9.67 Å². The van der Waals surface area contributed by atoms with Crippen LogP contribution < -0.4 is 10.5 Å². The number of nitriles is 1. The third kappa shape index (κ3) is 2.71. The molecule has 5 rings (SSSR count). The number of aryl methyl sites for hydroxylation is 1. The van der Waals surface area contributed by atoms with E-state index in [1.165, 1.54) is 6.42 Å². The second-order valence-electron chi connectivity index (χ2n) is 7.53. The number of nitrogens with zero attached hydrogens (tertiary/aromatic N) is 5. The first-order valence-electron chi connectivity index (χ1n) is 9.97. The Morgan fingerprint density at radius 1 is 1.28 bits per heavy atom. The van der Waals surface area contributed by atoms with E-state index in [2.05, 4.69) is 11.1 Å². The van der Waals surface area contributed by atoms with Crippen LogP contribution in [0.1, 0.15) is 54.8 Å². The van der Waals surface area contributed by atoms with Gasteiger partial charge in [-0.05, 0) is 37.5 Å². The summed E-state index contributed by atoms with van der Waals surface area (Å²) in [5.41, 5.74) is 10.7. The van der Waals surface area contributed by atoms with Crippen molar-refractivity contribution in [1.82, 2.24) is 19.3 Å². The SMILES string of the molecule is CCn1nc(C2CCC2)c2c1OC(N)=C(C#N)C2c1ccc(-n2ccnc2)cc1. The molecule has 3 heterocycles. The topological polar surface area (TPSA) is 94.7 Å². The molecule has 29 heavy (non-hydrogen) atoms. The molecule has 1 aromatic carbocycles. The van der Waals surface area contributed by atoms with Crippen molar-refractivity contribution in [1.29, 1.82) is 5.26 Å². The van der Waals surface area contributed by atoms with Gasteiger partial charge in [0.25, 0.3) is 0 Å². The van der Waals surface area contributed by atoms with Crippen LogP contribution in [0.4, 0.5) is 0 Å². The molecular weight excluding hydrogens is 364 g/mol. The zero-order valence-corrected chi connectivity index (χ0v) is 16.2. The Morgan fingerprint density at radius 2 is 2.07 bits per heavy atom. The third-order valence-electron chi connectivity index (χ3n) is 5.96. The van der Waals surface area contributed by atoms with Crippen LogP contribution in [-0.4, -0.2) is 19.3 Å². The molecule has 0 spiro atoms. The van der Waals surface area contributed by atoms with Crippen LogP contribution in [-0.2, 0) is 6.54 Å². The number of ether oxygens (including phenoxy) is 1. The van der Waals surface area contributed by atoms with Gasteiger partial charge in [-0.3, -0.25) is 0 Å². The van der Waals surface area contributed by atoms with Crippen molar-refractivity contribution in [3.05, 3.63) is 71.3 Å². The molecule has 0 bridgehead atoms. The summed E-state index contributed by atoms with van der Waals surface area (Å²) < 4.78 is 9.73. The lowest BCUT2D eigenvalue weighted by atomic mass is 9.76. The minimum Gasteiger partial charge on any atom is -0.422 e. The number of nitrogens with two attached hydrogens (primary N) is 1. The second-order valence-corrected chi connectivity index (χ2v) is 7.53. The smallest absolute Gasteiger partial charge is 0.224 e. The van der Waals surface area contributed by atoms with E-state index in [0.29, 0.717) is 23.9 Å². The Morgan fingerprint density at radius 3 is 2.66 bits per heavy atom. The van der Waals surface area contributed by atoms with Gasteiger partial charge >= 0.3 is 0 Å². The van der Waals surface area contributed by atoms with E-state index in [0.717, 1.165) is 35.3 Å². The summed E-state index contributed by atoms with van der Waals surface area (Å²) in [6.07, 6.45) is 8.88. The average Bonchev–Trinajstić information content (AvgIpc) is 3.34. The zero-order chi connectivity index (χ0) is 20.0. The van der Waals surface area contributed by atoms with Crippen molar-refractivity contribution in [2.75, 3.05) is 0 Å². The summed E-state index contributed by atoms with van der Waals surface area (Å²) >= 11 is 0. The van der Waals surface area contributed by atoms with Crippen LogP contribution >= 0.6 is 0 Å². The fourth-order valence-electron chi connectivity index (χ4n) is 4.20. The molecule has 0 radical (unpaired) electrons. The first-order chi connectivity index (χ1) is 14.2. The Bertz CT molecular complexity index is 1110. The average molecular weight is 386 g/mol. The number of imidazole rings is 1. The number of fused-ring (bicyclic) bond motifs is 1. The number of rotatable bonds is 4. The van der Waals surface area contributed by atoms with E-state index in [4.69, 9.17) is 15.6 Å². The maximum absolute atomic E-state index is 9.88. The molecule has 1 fully saturated rings. The molecule has 146 valence electrons. The lowest BCUT2D eigenvalue weighted by molar-refractivity contribution is 0.350. The number of aromatic nitrogens is 4. The minimum absolute atomic E-state index is 0.165. The third-order valence-corrected chi connectivity index (χ3v) is 5.96. The summed E-state index contributed by atoms with van der Waals surface area (Å²) in [5.74, 6) is 0.997. The number of benzene rings is 1. The van der Waals surface area contributed by atoms with Crippen molar-refractivity contribution in [3.63, 3.8) is 0 Å². The van der Waals surface area contributed by atoms with Crippen LogP contribution in [0.25, 0.3) is 5.69 Å². The summed E-state index contributed by atoms with van der Waals surface area (Å²) in [4.78, 5) is 4.10. The molecule has 2 N–H and O–H groups in total. The van der Waals surface area contributed by atoms with Gasteiger partial charge in [0.1, 0.15) is 11.6 Å². The molecule has 1 saturated carbocycles. The van der Waals surface area contributed by atoms with Gasteiger partial charge in [-0.2, -0.15) is 10.4 Å². The maximum Gasteiger partial charge on any atom is 0.224 e. The van der Waals surface area contributed by atoms with E-state index < -0.39 is 0 Å². The second kappa shape index (κ2) is 6.82. The normalized spacial score (nSPS) is 18.7. The zero-order valence-electron chi connectivity index (χ0n) is 16.2. The van der Waals surface area contributed by atoms with Crippen molar-refractivity contribution in [2.45, 2.75) is 44.6 Å². The molecule has 7 heteroatoms. The van der Waals surface area contributed by atoms with Gasteiger partial charge in [-0.15, -0.1) is 0 Å². The summed E-state index contributed by atoms with van der Waals surface area (Å²) in [6.45, 7) is 2.73. The fraction of sp³-hybridized carbons (Fsp3) is 0.318. The molecule has 1 unspecified atom stereocenters. The first-order valence-corrected chi connectivity index (χ1v) is 9.97. The van der Waals surface area contributed by atoms with Crippen LogP contribution in [0.15, 0.2) is 54.4 Å². The monoisotopic (exact) mass is 386 g/mol. The first kappa shape index (κ1) is 17.6. The highest BCUT2D eigenvalue weighted by Crippen LogP contribution is 2.49. The van der Waals surface area contributed by atoms with Gasteiger partial charge in [0.2, 0.25) is 11.8 Å². The molecule has 2 aromatic heterocycles. The van der Waals surface area contributed by atoms with Crippen LogP contribution in [0.5, 0.6) is 5.88 Å². The van der Waals surface area contributed by atoms with Gasteiger partial charge in [0, 0.05) is 30.5 Å². The van der Waals surface area contributed by atoms with E-state index in [1.54, 1.807) is 12.5 Å². The molecule has 7 nitrogen and oxygen atoms in total. The quantitative estimate of drug-likeness (QED) is 0.740. The Labute approximate surface area is 169 Å². The molecule has 3 aromatic rings.